The first-order chi connectivity index (χ1) is 11.6. The summed E-state index contributed by atoms with van der Waals surface area (Å²) in [6.45, 7) is 1.00. The fourth-order valence-corrected chi connectivity index (χ4v) is 2.85. The van der Waals surface area contributed by atoms with Gasteiger partial charge in [-0.25, -0.2) is 0 Å². The van der Waals surface area contributed by atoms with Crippen LogP contribution in [0.15, 0.2) is 42.5 Å². The van der Waals surface area contributed by atoms with Crippen LogP contribution in [0.5, 0.6) is 0 Å². The molecule has 0 aliphatic rings. The van der Waals surface area contributed by atoms with Crippen molar-refractivity contribution in [3.8, 4) is 6.07 Å². The summed E-state index contributed by atoms with van der Waals surface area (Å²) in [7, 11) is 0. The zero-order valence-corrected chi connectivity index (χ0v) is 14.4. The fraction of sp³-hybridized carbons (Fsp3) is 0.368. The van der Waals surface area contributed by atoms with E-state index in [1.807, 2.05) is 12.1 Å². The lowest BCUT2D eigenvalue weighted by atomic mass is 10.0. The number of nitrogens with zero attached hydrogens (tertiary/aromatic N) is 2. The van der Waals surface area contributed by atoms with Crippen LogP contribution < -0.4 is 5.73 Å². The Morgan fingerprint density at radius 1 is 1.25 bits per heavy atom. The molecule has 0 heterocycles. The van der Waals surface area contributed by atoms with Crippen LogP contribution in [0.25, 0.3) is 10.8 Å². The molecule has 0 aromatic heterocycles. The van der Waals surface area contributed by atoms with E-state index in [1.165, 1.54) is 16.3 Å². The molecule has 2 aromatic rings. The largest absolute Gasteiger partial charge is 0.340 e. The summed E-state index contributed by atoms with van der Waals surface area (Å²) in [6.07, 6.45) is 1.73. The van der Waals surface area contributed by atoms with E-state index in [0.717, 1.165) is 6.42 Å². The Morgan fingerprint density at radius 2 is 2.00 bits per heavy atom. The molecule has 1 unspecified atom stereocenters. The third-order valence-electron chi connectivity index (χ3n) is 4.03. The predicted octanol–water partition coefficient (Wildman–Crippen LogP) is 3.08. The Bertz CT molecular complexity index is 726. The van der Waals surface area contributed by atoms with E-state index < -0.39 is 0 Å². The summed E-state index contributed by atoms with van der Waals surface area (Å²) in [5.41, 5.74) is 7.18. The summed E-state index contributed by atoms with van der Waals surface area (Å²) in [5, 5.41) is 11.0. The minimum Gasteiger partial charge on any atom is -0.340 e. The predicted molar refractivity (Wildman–Crippen MR) is 97.8 cm³/mol. The van der Waals surface area contributed by atoms with Crippen molar-refractivity contribution in [3.05, 3.63) is 48.0 Å². The average Bonchev–Trinajstić information content (AvgIpc) is 2.62. The van der Waals surface area contributed by atoms with Crippen LogP contribution in [0.1, 0.15) is 18.4 Å². The van der Waals surface area contributed by atoms with Crippen molar-refractivity contribution in [3.63, 3.8) is 0 Å². The molecule has 2 N–H and O–H groups in total. The highest BCUT2D eigenvalue weighted by atomic mass is 35.5. The molecule has 0 spiro atoms. The molecule has 0 aliphatic heterocycles. The van der Waals surface area contributed by atoms with E-state index in [2.05, 4.69) is 36.4 Å². The molecule has 0 fully saturated rings. The Labute approximate surface area is 147 Å². The first-order valence-electron chi connectivity index (χ1n) is 8.08. The van der Waals surface area contributed by atoms with Crippen molar-refractivity contribution in [2.75, 3.05) is 19.0 Å². The number of amides is 1. The molecule has 0 aliphatic carbocycles. The number of rotatable bonds is 8. The zero-order valence-electron chi connectivity index (χ0n) is 13.6. The van der Waals surface area contributed by atoms with E-state index in [0.29, 0.717) is 25.9 Å². The molecule has 0 bridgehead atoms. The van der Waals surface area contributed by atoms with Gasteiger partial charge >= 0.3 is 0 Å². The van der Waals surface area contributed by atoms with Gasteiger partial charge in [-0.2, -0.15) is 5.26 Å². The highest BCUT2D eigenvalue weighted by molar-refractivity contribution is 6.27. The Morgan fingerprint density at radius 3 is 2.71 bits per heavy atom. The van der Waals surface area contributed by atoms with E-state index >= 15 is 0 Å². The monoisotopic (exact) mass is 343 g/mol. The Balaban J connectivity index is 2.00. The number of fused-ring (bicyclic) bond motifs is 1. The minimum atomic E-state index is -0.201. The minimum absolute atomic E-state index is 0.0529. The van der Waals surface area contributed by atoms with Gasteiger partial charge in [0.2, 0.25) is 5.91 Å². The van der Waals surface area contributed by atoms with Crippen LogP contribution in [-0.2, 0) is 11.2 Å². The smallest absolute Gasteiger partial charge is 0.237 e. The quantitative estimate of drug-likeness (QED) is 0.749. The van der Waals surface area contributed by atoms with Crippen molar-refractivity contribution in [1.82, 2.24) is 4.90 Å². The number of carbonyl (C=O) groups excluding carboxylic acids is 1. The van der Waals surface area contributed by atoms with Gasteiger partial charge < -0.3 is 10.6 Å². The first-order valence-corrected chi connectivity index (χ1v) is 8.61. The lowest BCUT2D eigenvalue weighted by molar-refractivity contribution is -0.128. The molecule has 24 heavy (non-hydrogen) atoms. The highest BCUT2D eigenvalue weighted by Gasteiger charge is 2.16. The molecule has 0 radical (unpaired) electrons. The van der Waals surface area contributed by atoms with Gasteiger partial charge in [0, 0.05) is 25.6 Å². The summed E-state index contributed by atoms with van der Waals surface area (Å²) < 4.78 is 0. The second-order valence-corrected chi connectivity index (χ2v) is 6.13. The van der Waals surface area contributed by atoms with E-state index in [-0.39, 0.29) is 17.8 Å². The third kappa shape index (κ3) is 5.23. The number of halogens is 1. The maximum Gasteiger partial charge on any atom is 0.237 e. The Kier molecular flexibility index (Phi) is 7.05. The normalized spacial score (nSPS) is 11.9. The number of alkyl halides is 1. The van der Waals surface area contributed by atoms with Crippen LogP contribution in [0.3, 0.4) is 0 Å². The first kappa shape index (κ1) is 18.3. The SMILES string of the molecule is N#CCCC(N)CN(CCc1ccc2ccccc2c1)C(=O)CCl. The topological polar surface area (TPSA) is 70.1 Å². The van der Waals surface area contributed by atoms with E-state index in [9.17, 15) is 4.79 Å². The number of nitrogens with two attached hydrogens (primary N) is 1. The molecule has 0 saturated heterocycles. The van der Waals surface area contributed by atoms with Crippen molar-refractivity contribution >= 4 is 28.3 Å². The maximum atomic E-state index is 12.0. The van der Waals surface area contributed by atoms with Crippen LogP contribution in [0, 0.1) is 11.3 Å². The highest BCUT2D eigenvalue weighted by Crippen LogP contribution is 2.16. The van der Waals surface area contributed by atoms with Crippen molar-refractivity contribution in [2.24, 2.45) is 5.73 Å². The second-order valence-electron chi connectivity index (χ2n) is 5.86. The summed E-state index contributed by atoms with van der Waals surface area (Å²) >= 11 is 5.71. The second kappa shape index (κ2) is 9.27. The molecule has 1 amide bonds. The van der Waals surface area contributed by atoms with Crippen LogP contribution in [-0.4, -0.2) is 35.8 Å². The van der Waals surface area contributed by atoms with Crippen molar-refractivity contribution < 1.29 is 4.79 Å². The number of hydrogen-bond donors (Lipinski definition) is 1. The van der Waals surface area contributed by atoms with Gasteiger partial charge in [0.1, 0.15) is 5.88 Å². The molecule has 2 aromatic carbocycles. The van der Waals surface area contributed by atoms with Gasteiger partial charge in [-0.3, -0.25) is 4.79 Å². The lowest BCUT2D eigenvalue weighted by Gasteiger charge is -2.25. The molecule has 2 rings (SSSR count). The maximum absolute atomic E-state index is 12.0. The molecule has 126 valence electrons. The molecule has 4 nitrogen and oxygen atoms in total. The van der Waals surface area contributed by atoms with Gasteiger partial charge in [-0.05, 0) is 29.2 Å². The van der Waals surface area contributed by atoms with Gasteiger partial charge in [0.15, 0.2) is 0 Å². The van der Waals surface area contributed by atoms with Gasteiger partial charge in [-0.15, -0.1) is 11.6 Å². The van der Waals surface area contributed by atoms with Crippen molar-refractivity contribution in [2.45, 2.75) is 25.3 Å². The standard InChI is InChI=1S/C19H22ClN3O/c20-13-19(24)23(14-18(22)6-3-10-21)11-9-15-7-8-16-4-1-2-5-17(16)12-15/h1-2,4-5,7-8,12,18H,3,6,9,11,13-14,22H2. The molecule has 5 heteroatoms. The molecular weight excluding hydrogens is 322 g/mol. The van der Waals surface area contributed by atoms with E-state index in [4.69, 9.17) is 22.6 Å². The van der Waals surface area contributed by atoms with Gasteiger partial charge in [-0.1, -0.05) is 42.5 Å². The summed E-state index contributed by atoms with van der Waals surface area (Å²) in [5.74, 6) is -0.173. The molecular formula is C19H22ClN3O. The third-order valence-corrected chi connectivity index (χ3v) is 4.26. The summed E-state index contributed by atoms with van der Waals surface area (Å²) in [4.78, 5) is 13.7. The van der Waals surface area contributed by atoms with Crippen LogP contribution >= 0.6 is 11.6 Å². The van der Waals surface area contributed by atoms with Gasteiger partial charge in [0.05, 0.1) is 6.07 Å². The molecule has 1 atom stereocenters. The molecule has 0 saturated carbocycles. The number of benzene rings is 2. The lowest BCUT2D eigenvalue weighted by Crippen LogP contribution is -2.42. The Hall–Kier alpha value is -2.09. The van der Waals surface area contributed by atoms with E-state index in [1.54, 1.807) is 4.90 Å². The zero-order chi connectivity index (χ0) is 17.4. The van der Waals surface area contributed by atoms with Gasteiger partial charge in [0.25, 0.3) is 0 Å². The summed E-state index contributed by atoms with van der Waals surface area (Å²) in [6, 6.07) is 16.4. The number of carbonyl (C=O) groups is 1. The number of hydrogen-bond acceptors (Lipinski definition) is 3. The average molecular weight is 344 g/mol. The van der Waals surface area contributed by atoms with Crippen LogP contribution in [0.4, 0.5) is 0 Å². The van der Waals surface area contributed by atoms with Crippen molar-refractivity contribution in [1.29, 1.82) is 5.26 Å². The van der Waals surface area contributed by atoms with Crippen LogP contribution in [0.2, 0.25) is 0 Å². The number of nitriles is 1. The fourth-order valence-electron chi connectivity index (χ4n) is 2.68.